The number of ether oxygens (including phenoxy) is 1. The van der Waals surface area contributed by atoms with Crippen molar-refractivity contribution in [3.63, 3.8) is 0 Å². The van der Waals surface area contributed by atoms with Crippen LogP contribution in [0.4, 0.5) is 0 Å². The van der Waals surface area contributed by atoms with E-state index in [2.05, 4.69) is 24.1 Å². The fourth-order valence-corrected chi connectivity index (χ4v) is 1.62. The Bertz CT molecular complexity index is 302. The standard InChI is InChI=1S/C13H22N2O/c1-15(9-4-8-14)10-7-12-5-3-6-13(11-12)16-2/h3,5-6,11H,4,7-10,14H2,1-2H3. The molecule has 0 fully saturated rings. The van der Waals surface area contributed by atoms with Gasteiger partial charge in [0.15, 0.2) is 0 Å². The van der Waals surface area contributed by atoms with Crippen LogP contribution < -0.4 is 10.5 Å². The van der Waals surface area contributed by atoms with Crippen LogP contribution in [0.5, 0.6) is 5.75 Å². The minimum atomic E-state index is 0.767. The van der Waals surface area contributed by atoms with Crippen molar-refractivity contribution in [1.29, 1.82) is 0 Å². The topological polar surface area (TPSA) is 38.5 Å². The number of benzene rings is 1. The van der Waals surface area contributed by atoms with Gasteiger partial charge in [0.25, 0.3) is 0 Å². The van der Waals surface area contributed by atoms with Gasteiger partial charge in [0.05, 0.1) is 7.11 Å². The summed E-state index contributed by atoms with van der Waals surface area (Å²) < 4.78 is 5.20. The van der Waals surface area contributed by atoms with E-state index in [4.69, 9.17) is 10.5 Å². The van der Waals surface area contributed by atoms with Crippen LogP contribution in [0.25, 0.3) is 0 Å². The molecule has 90 valence electrons. The summed E-state index contributed by atoms with van der Waals surface area (Å²) in [6.45, 7) is 2.90. The third kappa shape index (κ3) is 4.64. The molecule has 1 aromatic carbocycles. The normalized spacial score (nSPS) is 10.8. The molecule has 0 heterocycles. The highest BCUT2D eigenvalue weighted by atomic mass is 16.5. The van der Waals surface area contributed by atoms with E-state index in [-0.39, 0.29) is 0 Å². The van der Waals surface area contributed by atoms with Crippen molar-refractivity contribution in [2.45, 2.75) is 12.8 Å². The SMILES string of the molecule is COc1cccc(CCN(C)CCCN)c1. The van der Waals surface area contributed by atoms with Crippen molar-refractivity contribution in [2.24, 2.45) is 5.73 Å². The van der Waals surface area contributed by atoms with E-state index in [0.717, 1.165) is 38.2 Å². The molecule has 3 heteroatoms. The van der Waals surface area contributed by atoms with E-state index < -0.39 is 0 Å². The van der Waals surface area contributed by atoms with E-state index in [0.29, 0.717) is 0 Å². The van der Waals surface area contributed by atoms with Crippen LogP contribution in [0.3, 0.4) is 0 Å². The smallest absolute Gasteiger partial charge is 0.119 e. The molecular weight excluding hydrogens is 200 g/mol. The van der Waals surface area contributed by atoms with Crippen molar-refractivity contribution in [3.8, 4) is 5.75 Å². The van der Waals surface area contributed by atoms with Crippen LogP contribution in [-0.2, 0) is 6.42 Å². The van der Waals surface area contributed by atoms with Gasteiger partial charge in [-0.25, -0.2) is 0 Å². The molecule has 0 saturated heterocycles. The lowest BCUT2D eigenvalue weighted by molar-refractivity contribution is 0.335. The van der Waals surface area contributed by atoms with Gasteiger partial charge in [0, 0.05) is 6.54 Å². The van der Waals surface area contributed by atoms with E-state index >= 15 is 0 Å². The Kier molecular flexibility index (Phi) is 5.90. The molecule has 0 atom stereocenters. The van der Waals surface area contributed by atoms with Crippen LogP contribution in [0.1, 0.15) is 12.0 Å². The zero-order valence-corrected chi connectivity index (χ0v) is 10.3. The van der Waals surface area contributed by atoms with Gasteiger partial charge in [0.2, 0.25) is 0 Å². The molecule has 1 aromatic rings. The quantitative estimate of drug-likeness (QED) is 0.760. The molecule has 0 radical (unpaired) electrons. The first kappa shape index (κ1) is 13.0. The van der Waals surface area contributed by atoms with Crippen molar-refractivity contribution >= 4 is 0 Å². The predicted octanol–water partition coefficient (Wildman–Crippen LogP) is 1.52. The third-order valence-corrected chi connectivity index (χ3v) is 2.66. The van der Waals surface area contributed by atoms with Crippen molar-refractivity contribution in [1.82, 2.24) is 4.90 Å². The van der Waals surface area contributed by atoms with Gasteiger partial charge in [-0.15, -0.1) is 0 Å². The molecule has 1 rings (SSSR count). The van der Waals surface area contributed by atoms with Crippen molar-refractivity contribution in [2.75, 3.05) is 33.8 Å². The van der Waals surface area contributed by atoms with Gasteiger partial charge in [-0.1, -0.05) is 12.1 Å². The Hall–Kier alpha value is -1.06. The summed E-state index contributed by atoms with van der Waals surface area (Å²) in [6.07, 6.45) is 2.12. The van der Waals surface area contributed by atoms with Gasteiger partial charge in [-0.3, -0.25) is 0 Å². The van der Waals surface area contributed by atoms with Crippen molar-refractivity contribution in [3.05, 3.63) is 29.8 Å². The minimum absolute atomic E-state index is 0.767. The first-order valence-electron chi connectivity index (χ1n) is 5.78. The molecule has 0 unspecified atom stereocenters. The number of nitrogens with zero attached hydrogens (tertiary/aromatic N) is 1. The maximum absolute atomic E-state index is 5.48. The summed E-state index contributed by atoms with van der Waals surface area (Å²) in [5.41, 5.74) is 6.80. The second kappa shape index (κ2) is 7.25. The van der Waals surface area contributed by atoms with Gasteiger partial charge < -0.3 is 15.4 Å². The molecule has 3 nitrogen and oxygen atoms in total. The first-order chi connectivity index (χ1) is 7.76. The molecule has 2 N–H and O–H groups in total. The summed E-state index contributed by atoms with van der Waals surface area (Å²) in [6, 6.07) is 8.24. The second-order valence-electron chi connectivity index (χ2n) is 4.05. The fraction of sp³-hybridized carbons (Fsp3) is 0.538. The first-order valence-corrected chi connectivity index (χ1v) is 5.78. The Morgan fingerprint density at radius 1 is 1.31 bits per heavy atom. The zero-order valence-electron chi connectivity index (χ0n) is 10.3. The average Bonchev–Trinajstić information content (AvgIpc) is 2.34. The van der Waals surface area contributed by atoms with Crippen molar-refractivity contribution < 1.29 is 4.74 Å². The van der Waals surface area contributed by atoms with E-state index in [1.807, 2.05) is 12.1 Å². The number of nitrogens with two attached hydrogens (primary N) is 1. The Labute approximate surface area is 98.2 Å². The van der Waals surface area contributed by atoms with Crippen LogP contribution in [0, 0.1) is 0 Å². The number of methoxy groups -OCH3 is 1. The molecule has 0 bridgehead atoms. The highest BCUT2D eigenvalue weighted by Gasteiger charge is 2.00. The molecule has 0 aromatic heterocycles. The molecule has 0 amide bonds. The summed E-state index contributed by atoms with van der Waals surface area (Å²) in [5.74, 6) is 0.933. The van der Waals surface area contributed by atoms with E-state index in [1.54, 1.807) is 7.11 Å². The molecule has 0 spiro atoms. The van der Waals surface area contributed by atoms with Gasteiger partial charge in [0.1, 0.15) is 5.75 Å². The average molecular weight is 222 g/mol. The maximum Gasteiger partial charge on any atom is 0.119 e. The number of hydrogen-bond acceptors (Lipinski definition) is 3. The molecule has 0 aliphatic carbocycles. The van der Waals surface area contributed by atoms with Crippen LogP contribution in [0.2, 0.25) is 0 Å². The summed E-state index contributed by atoms with van der Waals surface area (Å²) >= 11 is 0. The summed E-state index contributed by atoms with van der Waals surface area (Å²) in [4.78, 5) is 2.31. The molecular formula is C13H22N2O. The number of hydrogen-bond donors (Lipinski definition) is 1. The van der Waals surface area contributed by atoms with Crippen LogP contribution >= 0.6 is 0 Å². The highest BCUT2D eigenvalue weighted by molar-refractivity contribution is 5.28. The molecule has 16 heavy (non-hydrogen) atoms. The number of rotatable bonds is 7. The lowest BCUT2D eigenvalue weighted by Crippen LogP contribution is -2.24. The molecule has 0 aliphatic rings. The Balaban J connectivity index is 2.35. The summed E-state index contributed by atoms with van der Waals surface area (Å²) in [7, 11) is 3.84. The monoisotopic (exact) mass is 222 g/mol. The van der Waals surface area contributed by atoms with Gasteiger partial charge >= 0.3 is 0 Å². The highest BCUT2D eigenvalue weighted by Crippen LogP contribution is 2.13. The van der Waals surface area contributed by atoms with E-state index in [9.17, 15) is 0 Å². The molecule has 0 aliphatic heterocycles. The van der Waals surface area contributed by atoms with E-state index in [1.165, 1.54) is 5.56 Å². The van der Waals surface area contributed by atoms with Gasteiger partial charge in [-0.2, -0.15) is 0 Å². The Morgan fingerprint density at radius 3 is 2.81 bits per heavy atom. The zero-order chi connectivity index (χ0) is 11.8. The number of likely N-dealkylation sites (N-methyl/N-ethyl adjacent to an activating group) is 1. The van der Waals surface area contributed by atoms with Gasteiger partial charge in [-0.05, 0) is 50.7 Å². The molecule has 0 saturated carbocycles. The van der Waals surface area contributed by atoms with Crippen LogP contribution in [0.15, 0.2) is 24.3 Å². The fourth-order valence-electron chi connectivity index (χ4n) is 1.62. The predicted molar refractivity (Wildman–Crippen MR) is 67.9 cm³/mol. The summed E-state index contributed by atoms with van der Waals surface area (Å²) in [5, 5.41) is 0. The minimum Gasteiger partial charge on any atom is -0.497 e. The van der Waals surface area contributed by atoms with Crippen LogP contribution in [-0.4, -0.2) is 38.7 Å². The third-order valence-electron chi connectivity index (χ3n) is 2.66. The second-order valence-corrected chi connectivity index (χ2v) is 4.05. The lowest BCUT2D eigenvalue weighted by Gasteiger charge is -2.16. The maximum atomic E-state index is 5.48. The lowest BCUT2D eigenvalue weighted by atomic mass is 10.1. The largest absolute Gasteiger partial charge is 0.497 e. The Morgan fingerprint density at radius 2 is 2.12 bits per heavy atom.